The van der Waals surface area contributed by atoms with Crippen molar-refractivity contribution in [1.82, 2.24) is 4.72 Å². The number of fused-ring (bicyclic) bond motifs is 1. The first-order valence-electron chi connectivity index (χ1n) is 8.50. The number of ketones is 1. The van der Waals surface area contributed by atoms with Crippen LogP contribution in [-0.4, -0.2) is 26.8 Å². The second-order valence-electron chi connectivity index (χ2n) is 6.06. The van der Waals surface area contributed by atoms with E-state index in [1.807, 2.05) is 30.3 Å². The molecule has 0 saturated heterocycles. The average molecular weight is 385 g/mol. The van der Waals surface area contributed by atoms with E-state index in [9.17, 15) is 18.0 Å². The Morgan fingerprint density at radius 3 is 2.44 bits per heavy atom. The van der Waals surface area contributed by atoms with Crippen LogP contribution >= 0.6 is 0 Å². The van der Waals surface area contributed by atoms with Crippen molar-refractivity contribution in [3.05, 3.63) is 71.8 Å². The van der Waals surface area contributed by atoms with Gasteiger partial charge in [0.1, 0.15) is 5.92 Å². The molecule has 1 N–H and O–H groups in total. The Hall–Kier alpha value is -2.93. The molecule has 0 amide bonds. The van der Waals surface area contributed by atoms with Crippen LogP contribution in [-0.2, 0) is 30.8 Å². The third kappa shape index (κ3) is 4.09. The van der Waals surface area contributed by atoms with E-state index in [0.717, 1.165) is 5.56 Å². The van der Waals surface area contributed by atoms with E-state index in [1.54, 1.807) is 25.1 Å². The number of hydrogen-bond acceptors (Lipinski definition) is 5. The van der Waals surface area contributed by atoms with Crippen LogP contribution < -0.4 is 4.72 Å². The first kappa shape index (κ1) is 18.8. The number of benzene rings is 2. The number of hydrogen-bond donors (Lipinski definition) is 1. The number of ether oxygens (including phenoxy) is 1. The second-order valence-corrected chi connectivity index (χ2v) is 7.71. The summed E-state index contributed by atoms with van der Waals surface area (Å²) in [5.41, 5.74) is 1.39. The molecule has 0 spiro atoms. The van der Waals surface area contributed by atoms with Crippen LogP contribution in [0.25, 0.3) is 5.70 Å². The van der Waals surface area contributed by atoms with Crippen molar-refractivity contribution in [3.8, 4) is 0 Å². The Labute approximate surface area is 157 Å². The minimum atomic E-state index is -3.70. The predicted molar refractivity (Wildman–Crippen MR) is 100 cm³/mol. The summed E-state index contributed by atoms with van der Waals surface area (Å²) >= 11 is 0. The molecule has 3 rings (SSSR count). The molecule has 1 heterocycles. The fourth-order valence-corrected chi connectivity index (χ4v) is 4.21. The molecule has 27 heavy (non-hydrogen) atoms. The molecule has 1 unspecified atom stereocenters. The van der Waals surface area contributed by atoms with Gasteiger partial charge in [-0.15, -0.1) is 0 Å². The molecule has 0 radical (unpaired) electrons. The Bertz CT molecular complexity index is 996. The van der Waals surface area contributed by atoms with Crippen molar-refractivity contribution in [1.29, 1.82) is 0 Å². The van der Waals surface area contributed by atoms with Crippen molar-refractivity contribution in [2.24, 2.45) is 5.92 Å². The smallest absolute Gasteiger partial charge is 0.317 e. The van der Waals surface area contributed by atoms with E-state index in [4.69, 9.17) is 4.74 Å². The maximum Gasteiger partial charge on any atom is 0.317 e. The lowest BCUT2D eigenvalue weighted by Gasteiger charge is -2.13. The van der Waals surface area contributed by atoms with Crippen molar-refractivity contribution in [2.45, 2.75) is 18.2 Å². The molecule has 140 valence electrons. The molecule has 2 aromatic rings. The third-order valence-electron chi connectivity index (χ3n) is 4.19. The van der Waals surface area contributed by atoms with Gasteiger partial charge in [-0.25, -0.2) is 8.42 Å². The van der Waals surface area contributed by atoms with Crippen LogP contribution in [0.1, 0.15) is 18.1 Å². The van der Waals surface area contributed by atoms with Gasteiger partial charge in [-0.1, -0.05) is 48.5 Å². The van der Waals surface area contributed by atoms with E-state index in [0.29, 0.717) is 5.56 Å². The largest absolute Gasteiger partial charge is 0.465 e. The van der Waals surface area contributed by atoms with Crippen molar-refractivity contribution < 1.29 is 22.7 Å². The van der Waals surface area contributed by atoms with Crippen LogP contribution in [0.4, 0.5) is 0 Å². The SMILES string of the molecule is CCOC(=O)C(Cc1ccccc1)C(=O)/C=C1\NS(=O)(=O)c2ccccc21. The highest BCUT2D eigenvalue weighted by Gasteiger charge is 2.32. The third-order valence-corrected chi connectivity index (χ3v) is 5.62. The van der Waals surface area contributed by atoms with Crippen molar-refractivity contribution in [3.63, 3.8) is 0 Å². The minimum Gasteiger partial charge on any atom is -0.465 e. The molecule has 1 aliphatic rings. The number of carbonyl (C=O) groups excluding carboxylic acids is 2. The zero-order valence-electron chi connectivity index (χ0n) is 14.7. The summed E-state index contributed by atoms with van der Waals surface area (Å²) < 4.78 is 31.8. The average Bonchev–Trinajstić information content (AvgIpc) is 2.91. The first-order valence-corrected chi connectivity index (χ1v) is 9.99. The normalized spacial score (nSPS) is 17.0. The zero-order valence-corrected chi connectivity index (χ0v) is 15.5. The predicted octanol–water partition coefficient (Wildman–Crippen LogP) is 2.31. The van der Waals surface area contributed by atoms with E-state index < -0.39 is 27.7 Å². The highest BCUT2D eigenvalue weighted by atomic mass is 32.2. The maximum absolute atomic E-state index is 12.8. The van der Waals surface area contributed by atoms with Crippen molar-refractivity contribution >= 4 is 27.5 Å². The minimum absolute atomic E-state index is 0.111. The van der Waals surface area contributed by atoms with Gasteiger partial charge in [0.15, 0.2) is 5.78 Å². The molecule has 1 atom stereocenters. The van der Waals surface area contributed by atoms with E-state index >= 15 is 0 Å². The molecule has 7 heteroatoms. The number of sulfonamides is 1. The van der Waals surface area contributed by atoms with Gasteiger partial charge in [-0.3, -0.25) is 14.3 Å². The van der Waals surface area contributed by atoms with Gasteiger partial charge in [0.25, 0.3) is 10.0 Å². The Morgan fingerprint density at radius 1 is 1.07 bits per heavy atom. The molecule has 0 fully saturated rings. The molecule has 1 aliphatic heterocycles. The lowest BCUT2D eigenvalue weighted by Crippen LogP contribution is -2.28. The molecule has 2 aromatic carbocycles. The topological polar surface area (TPSA) is 89.5 Å². The summed E-state index contributed by atoms with van der Waals surface area (Å²) in [6.45, 7) is 1.82. The molecule has 0 bridgehead atoms. The summed E-state index contributed by atoms with van der Waals surface area (Å²) in [6.07, 6.45) is 1.35. The van der Waals surface area contributed by atoms with E-state index in [2.05, 4.69) is 4.72 Å². The first-order chi connectivity index (χ1) is 12.9. The summed E-state index contributed by atoms with van der Waals surface area (Å²) in [5, 5.41) is 0. The lowest BCUT2D eigenvalue weighted by molar-refractivity contribution is -0.150. The van der Waals surface area contributed by atoms with E-state index in [-0.39, 0.29) is 23.6 Å². The monoisotopic (exact) mass is 385 g/mol. The second kappa shape index (κ2) is 7.75. The summed E-state index contributed by atoms with van der Waals surface area (Å²) in [7, 11) is -3.70. The molecule has 6 nitrogen and oxygen atoms in total. The van der Waals surface area contributed by atoms with Crippen LogP contribution in [0.2, 0.25) is 0 Å². The number of esters is 1. The number of rotatable bonds is 6. The number of allylic oxidation sites excluding steroid dienone is 1. The zero-order chi connectivity index (χ0) is 19.4. The summed E-state index contributed by atoms with van der Waals surface area (Å²) in [4.78, 5) is 25.3. The van der Waals surface area contributed by atoms with Gasteiger partial charge in [-0.2, -0.15) is 0 Å². The quantitative estimate of drug-likeness (QED) is 0.468. The van der Waals surface area contributed by atoms with Crippen LogP contribution in [0.15, 0.2) is 65.6 Å². The lowest BCUT2D eigenvalue weighted by atomic mass is 9.94. The van der Waals surface area contributed by atoms with Gasteiger partial charge in [0.2, 0.25) is 0 Å². The number of nitrogens with one attached hydrogen (secondary N) is 1. The van der Waals surface area contributed by atoms with Gasteiger partial charge in [0, 0.05) is 11.6 Å². The van der Waals surface area contributed by atoms with Gasteiger partial charge < -0.3 is 4.74 Å². The van der Waals surface area contributed by atoms with Crippen LogP contribution in [0.3, 0.4) is 0 Å². The molecule has 0 aliphatic carbocycles. The molecular formula is C20H19NO5S. The highest BCUT2D eigenvalue weighted by Crippen LogP contribution is 2.30. The fourth-order valence-electron chi connectivity index (χ4n) is 2.92. The van der Waals surface area contributed by atoms with Gasteiger partial charge >= 0.3 is 5.97 Å². The van der Waals surface area contributed by atoms with Crippen LogP contribution in [0, 0.1) is 5.92 Å². The molecule has 0 aromatic heterocycles. The van der Waals surface area contributed by atoms with Crippen LogP contribution in [0.5, 0.6) is 0 Å². The fraction of sp³-hybridized carbons (Fsp3) is 0.200. The Morgan fingerprint density at radius 2 is 1.74 bits per heavy atom. The van der Waals surface area contributed by atoms with E-state index in [1.165, 1.54) is 12.1 Å². The van der Waals surface area contributed by atoms with Gasteiger partial charge in [0.05, 0.1) is 17.2 Å². The Balaban J connectivity index is 1.93. The summed E-state index contributed by atoms with van der Waals surface area (Å²) in [6, 6.07) is 15.5. The summed E-state index contributed by atoms with van der Waals surface area (Å²) in [5.74, 6) is -2.18. The molecular weight excluding hydrogens is 366 g/mol. The number of carbonyl (C=O) groups is 2. The Kier molecular flexibility index (Phi) is 5.41. The highest BCUT2D eigenvalue weighted by molar-refractivity contribution is 7.90. The maximum atomic E-state index is 12.8. The molecule has 0 saturated carbocycles. The van der Waals surface area contributed by atoms with Gasteiger partial charge in [-0.05, 0) is 25.0 Å². The standard InChI is InChI=1S/C20H19NO5S/c1-2-26-20(23)16(12-14-8-4-3-5-9-14)18(22)13-17-15-10-6-7-11-19(15)27(24,25)21-17/h3-11,13,16,21H,2,12H2,1H3/b17-13-. The van der Waals surface area contributed by atoms with Crippen molar-refractivity contribution in [2.75, 3.05) is 6.61 Å².